The normalized spacial score (nSPS) is 35.6. The fourth-order valence-electron chi connectivity index (χ4n) is 1.74. The Bertz CT molecular complexity index is 274. The first-order valence-electron chi connectivity index (χ1n) is 3.64. The maximum absolute atomic E-state index is 11.0. The van der Waals surface area contributed by atoms with Gasteiger partial charge >= 0.3 is 0 Å². The molecular weight excluding hydrogens is 148 g/mol. The predicted molar refractivity (Wildman–Crippen MR) is 39.3 cm³/mol. The van der Waals surface area contributed by atoms with Crippen LogP contribution in [-0.4, -0.2) is 13.7 Å². The van der Waals surface area contributed by atoms with Gasteiger partial charge in [0.2, 0.25) is 0 Å². The Labute approximate surface area is 60.9 Å². The van der Waals surface area contributed by atoms with Crippen molar-refractivity contribution < 1.29 is 8.42 Å². The van der Waals surface area contributed by atoms with E-state index in [1.54, 1.807) is 0 Å². The molecule has 2 nitrogen and oxygen atoms in total. The van der Waals surface area contributed by atoms with Gasteiger partial charge in [0.15, 0.2) is 9.84 Å². The van der Waals surface area contributed by atoms with Gasteiger partial charge in [0.05, 0.1) is 5.25 Å². The fraction of sp³-hybridized carbons (Fsp3) is 0.714. The molecule has 0 radical (unpaired) electrons. The molecule has 0 aromatic carbocycles. The summed E-state index contributed by atoms with van der Waals surface area (Å²) < 4.78 is 22.0. The van der Waals surface area contributed by atoms with Gasteiger partial charge in [-0.3, -0.25) is 0 Å². The first-order valence-corrected chi connectivity index (χ1v) is 5.25. The van der Waals surface area contributed by atoms with Crippen molar-refractivity contribution in [1.82, 2.24) is 0 Å². The number of rotatable bonds is 0. The summed E-state index contributed by atoms with van der Waals surface area (Å²) in [5, 5.41) is 1.39. The highest BCUT2D eigenvalue weighted by Gasteiger charge is 2.37. The van der Waals surface area contributed by atoms with Crippen LogP contribution in [0.25, 0.3) is 0 Å². The molecule has 1 aliphatic heterocycles. The summed E-state index contributed by atoms with van der Waals surface area (Å²) in [4.78, 5) is 0. The molecule has 56 valence electrons. The van der Waals surface area contributed by atoms with Gasteiger partial charge in [-0.1, -0.05) is 6.42 Å². The molecule has 1 aliphatic carbocycles. The average molecular weight is 158 g/mol. The molecule has 0 bridgehead atoms. The van der Waals surface area contributed by atoms with Gasteiger partial charge < -0.3 is 0 Å². The molecule has 0 saturated heterocycles. The molecule has 0 N–H and O–H groups in total. The lowest BCUT2D eigenvalue weighted by Gasteiger charge is -2.30. The van der Waals surface area contributed by atoms with Gasteiger partial charge in [-0.15, -0.1) is 0 Å². The molecule has 0 aromatic heterocycles. The highest BCUT2D eigenvalue weighted by atomic mass is 32.2. The van der Waals surface area contributed by atoms with Gasteiger partial charge in [-0.05, 0) is 24.8 Å². The third-order valence-corrected chi connectivity index (χ3v) is 4.27. The van der Waals surface area contributed by atoms with Crippen LogP contribution in [-0.2, 0) is 9.84 Å². The van der Waals surface area contributed by atoms with Crippen LogP contribution >= 0.6 is 0 Å². The van der Waals surface area contributed by atoms with Crippen LogP contribution in [0, 0.1) is 0 Å². The van der Waals surface area contributed by atoms with Gasteiger partial charge in [-0.25, -0.2) is 8.42 Å². The number of hydrogen-bond donors (Lipinski definition) is 0. The zero-order valence-corrected chi connectivity index (χ0v) is 6.52. The quantitative estimate of drug-likeness (QED) is 0.531. The molecule has 1 fully saturated rings. The second-order valence-electron chi connectivity index (χ2n) is 3.02. The maximum atomic E-state index is 11.0. The molecule has 0 spiro atoms. The van der Waals surface area contributed by atoms with E-state index in [1.165, 1.54) is 17.4 Å². The van der Waals surface area contributed by atoms with Gasteiger partial charge in [-0.2, -0.15) is 0 Å². The Balaban J connectivity index is 2.34. The van der Waals surface area contributed by atoms with E-state index in [0.29, 0.717) is 0 Å². The van der Waals surface area contributed by atoms with Crippen molar-refractivity contribution in [3.05, 3.63) is 11.0 Å². The van der Waals surface area contributed by atoms with Gasteiger partial charge in [0.1, 0.15) is 0 Å². The molecule has 1 heterocycles. The molecule has 2 rings (SSSR count). The van der Waals surface area contributed by atoms with Crippen LogP contribution in [0.3, 0.4) is 0 Å². The van der Waals surface area contributed by atoms with E-state index in [-0.39, 0.29) is 5.25 Å². The summed E-state index contributed by atoms with van der Waals surface area (Å²) in [6, 6.07) is 0. The second-order valence-corrected chi connectivity index (χ2v) is 5.00. The Morgan fingerprint density at radius 2 is 2.20 bits per heavy atom. The lowest BCUT2D eigenvalue weighted by molar-refractivity contribution is 0.539. The first-order chi connectivity index (χ1) is 4.70. The van der Waals surface area contributed by atoms with E-state index in [9.17, 15) is 8.42 Å². The Hall–Kier alpha value is -0.310. The molecule has 1 atom stereocenters. The molecule has 0 amide bonds. The molecule has 1 saturated carbocycles. The Morgan fingerprint density at radius 1 is 1.40 bits per heavy atom. The smallest absolute Gasteiger partial charge is 0.178 e. The lowest BCUT2D eigenvalue weighted by atomic mass is 9.95. The van der Waals surface area contributed by atoms with Crippen molar-refractivity contribution in [1.29, 1.82) is 0 Å². The third-order valence-electron chi connectivity index (χ3n) is 2.31. The van der Waals surface area contributed by atoms with E-state index in [1.807, 2.05) is 0 Å². The summed E-state index contributed by atoms with van der Waals surface area (Å²) in [7, 11) is -2.74. The summed E-state index contributed by atoms with van der Waals surface area (Å²) >= 11 is 0. The van der Waals surface area contributed by atoms with Crippen LogP contribution in [0.5, 0.6) is 0 Å². The van der Waals surface area contributed by atoms with E-state index in [2.05, 4.69) is 0 Å². The molecule has 0 unspecified atom stereocenters. The van der Waals surface area contributed by atoms with E-state index < -0.39 is 9.84 Å². The zero-order chi connectivity index (χ0) is 7.19. The largest absolute Gasteiger partial charge is 0.224 e. The Kier molecular flexibility index (Phi) is 1.18. The first kappa shape index (κ1) is 6.40. The second kappa shape index (κ2) is 1.84. The van der Waals surface area contributed by atoms with Crippen LogP contribution < -0.4 is 0 Å². The fourth-order valence-corrected chi connectivity index (χ4v) is 3.48. The van der Waals surface area contributed by atoms with Gasteiger partial charge in [0.25, 0.3) is 0 Å². The van der Waals surface area contributed by atoms with Crippen molar-refractivity contribution in [2.75, 3.05) is 0 Å². The highest BCUT2D eigenvalue weighted by molar-refractivity contribution is 7.96. The number of sulfone groups is 1. The SMILES string of the molecule is O=S1(=O)C=C2CCCC[C@@H]21. The van der Waals surface area contributed by atoms with Crippen LogP contribution in [0.1, 0.15) is 25.7 Å². The molecule has 3 heteroatoms. The summed E-state index contributed by atoms with van der Waals surface area (Å²) in [5.74, 6) is 0. The van der Waals surface area contributed by atoms with Crippen molar-refractivity contribution in [2.45, 2.75) is 30.9 Å². The van der Waals surface area contributed by atoms with E-state index >= 15 is 0 Å². The van der Waals surface area contributed by atoms with Crippen LogP contribution in [0.4, 0.5) is 0 Å². The number of fused-ring (bicyclic) bond motifs is 1. The lowest BCUT2D eigenvalue weighted by Crippen LogP contribution is -2.33. The summed E-state index contributed by atoms with van der Waals surface area (Å²) in [5.41, 5.74) is 1.17. The minimum atomic E-state index is -2.74. The topological polar surface area (TPSA) is 34.1 Å². The minimum Gasteiger partial charge on any atom is -0.224 e. The zero-order valence-electron chi connectivity index (χ0n) is 5.71. The van der Waals surface area contributed by atoms with Crippen molar-refractivity contribution >= 4 is 9.84 Å². The van der Waals surface area contributed by atoms with E-state index in [4.69, 9.17) is 0 Å². The molecule has 0 aromatic rings. The van der Waals surface area contributed by atoms with Crippen LogP contribution in [0.2, 0.25) is 0 Å². The summed E-state index contributed by atoms with van der Waals surface area (Å²) in [6.45, 7) is 0. The van der Waals surface area contributed by atoms with Gasteiger partial charge in [0, 0.05) is 5.41 Å². The molecule has 10 heavy (non-hydrogen) atoms. The number of hydrogen-bond acceptors (Lipinski definition) is 2. The third kappa shape index (κ3) is 0.732. The van der Waals surface area contributed by atoms with Crippen molar-refractivity contribution in [2.24, 2.45) is 0 Å². The van der Waals surface area contributed by atoms with E-state index in [0.717, 1.165) is 19.3 Å². The van der Waals surface area contributed by atoms with Crippen molar-refractivity contribution in [3.8, 4) is 0 Å². The average Bonchev–Trinajstić information content (AvgIpc) is 1.86. The standard InChI is InChI=1S/C7H10O2S/c8-10(9)5-6-3-1-2-4-7(6)10/h5,7H,1-4H2/t7-/m0/s1. The monoisotopic (exact) mass is 158 g/mol. The maximum Gasteiger partial charge on any atom is 0.178 e. The van der Waals surface area contributed by atoms with Crippen LogP contribution in [0.15, 0.2) is 11.0 Å². The molecule has 2 aliphatic rings. The Morgan fingerprint density at radius 3 is 2.70 bits per heavy atom. The predicted octanol–water partition coefficient (Wildman–Crippen LogP) is 1.24. The summed E-state index contributed by atoms with van der Waals surface area (Å²) in [6.07, 6.45) is 4.15. The molecular formula is C7H10O2S. The highest BCUT2D eigenvalue weighted by Crippen LogP contribution is 2.37. The van der Waals surface area contributed by atoms with Crippen molar-refractivity contribution in [3.63, 3.8) is 0 Å². The minimum absolute atomic E-state index is 0.0683.